The third kappa shape index (κ3) is 6.19. The summed E-state index contributed by atoms with van der Waals surface area (Å²) < 4.78 is 34.2. The Morgan fingerprint density at radius 1 is 1.17 bits per heavy atom. The molecule has 0 aliphatic heterocycles. The fourth-order valence-electron chi connectivity index (χ4n) is 1.89. The van der Waals surface area contributed by atoms with E-state index in [1.165, 1.54) is 13.2 Å². The third-order valence-electron chi connectivity index (χ3n) is 2.92. The average Bonchev–Trinajstić information content (AvgIpc) is 2.53. The van der Waals surface area contributed by atoms with Crippen molar-refractivity contribution in [2.24, 2.45) is 10.7 Å². The minimum absolute atomic E-state index is 0. The van der Waals surface area contributed by atoms with E-state index < -0.39 is 6.61 Å². The van der Waals surface area contributed by atoms with Gasteiger partial charge in [-0.1, -0.05) is 24.3 Å². The van der Waals surface area contributed by atoms with Crippen molar-refractivity contribution in [2.75, 3.05) is 12.4 Å². The van der Waals surface area contributed by atoms with E-state index in [-0.39, 0.29) is 48.0 Å². The lowest BCUT2D eigenvalue weighted by atomic mass is 10.2. The van der Waals surface area contributed by atoms with Crippen LogP contribution in [0.25, 0.3) is 0 Å². The molecule has 130 valence electrons. The van der Waals surface area contributed by atoms with Gasteiger partial charge in [0.2, 0.25) is 0 Å². The van der Waals surface area contributed by atoms with E-state index in [1.807, 2.05) is 30.3 Å². The van der Waals surface area contributed by atoms with Gasteiger partial charge in [-0.2, -0.15) is 8.78 Å². The Bertz CT molecular complexity index is 670. The first-order valence-corrected chi connectivity index (χ1v) is 6.82. The number of halogens is 3. The van der Waals surface area contributed by atoms with Crippen LogP contribution in [0.3, 0.4) is 0 Å². The summed E-state index contributed by atoms with van der Waals surface area (Å²) in [5.74, 6) is 0.418. The standard InChI is InChI=1S/C16H17F2N3O2.HI/c1-22-13-8-7-11(9-14(13)23-15(17)18)10-20-16(19)21-12-5-3-2-4-6-12;/h2-9,15H,10H2,1H3,(H3,19,20,21);1H. The van der Waals surface area contributed by atoms with Crippen molar-refractivity contribution < 1.29 is 18.3 Å². The highest BCUT2D eigenvalue weighted by atomic mass is 127. The van der Waals surface area contributed by atoms with E-state index in [1.54, 1.807) is 12.1 Å². The molecule has 0 bridgehead atoms. The Labute approximate surface area is 155 Å². The van der Waals surface area contributed by atoms with Gasteiger partial charge < -0.3 is 20.5 Å². The van der Waals surface area contributed by atoms with Gasteiger partial charge in [-0.05, 0) is 29.8 Å². The van der Waals surface area contributed by atoms with Gasteiger partial charge in [-0.3, -0.25) is 0 Å². The molecule has 0 heterocycles. The highest BCUT2D eigenvalue weighted by molar-refractivity contribution is 14.0. The number of nitrogens with one attached hydrogen (secondary N) is 1. The SMILES string of the molecule is COc1ccc(CN=C(N)Nc2ccccc2)cc1OC(F)F.I. The lowest BCUT2D eigenvalue weighted by molar-refractivity contribution is -0.0512. The maximum absolute atomic E-state index is 12.4. The second-order valence-electron chi connectivity index (χ2n) is 4.56. The van der Waals surface area contributed by atoms with Crippen LogP contribution in [0.15, 0.2) is 53.5 Å². The van der Waals surface area contributed by atoms with Crippen LogP contribution in [-0.2, 0) is 6.54 Å². The molecule has 0 fully saturated rings. The first kappa shape index (κ1) is 19.9. The summed E-state index contributed by atoms with van der Waals surface area (Å²) in [6.07, 6.45) is 0. The molecule has 3 N–H and O–H groups in total. The monoisotopic (exact) mass is 449 g/mol. The molecule has 0 spiro atoms. The molecule has 0 saturated carbocycles. The highest BCUT2D eigenvalue weighted by Crippen LogP contribution is 2.29. The predicted octanol–water partition coefficient (Wildman–Crippen LogP) is 3.84. The number of benzene rings is 2. The van der Waals surface area contributed by atoms with Gasteiger partial charge in [0.1, 0.15) is 0 Å². The number of hydrogen-bond acceptors (Lipinski definition) is 3. The first-order chi connectivity index (χ1) is 11.1. The summed E-state index contributed by atoms with van der Waals surface area (Å²) >= 11 is 0. The summed E-state index contributed by atoms with van der Waals surface area (Å²) in [6.45, 7) is -2.71. The van der Waals surface area contributed by atoms with Crippen molar-refractivity contribution in [3.63, 3.8) is 0 Å². The molecule has 24 heavy (non-hydrogen) atoms. The maximum atomic E-state index is 12.4. The van der Waals surface area contributed by atoms with Crippen LogP contribution in [0, 0.1) is 0 Å². The molecule has 0 atom stereocenters. The molecule has 0 amide bonds. The van der Waals surface area contributed by atoms with E-state index in [9.17, 15) is 8.78 Å². The molecule has 5 nitrogen and oxygen atoms in total. The number of ether oxygens (including phenoxy) is 2. The normalized spacial score (nSPS) is 10.9. The molecule has 0 aliphatic rings. The van der Waals surface area contributed by atoms with Crippen LogP contribution in [0.2, 0.25) is 0 Å². The molecule has 2 aromatic rings. The lowest BCUT2D eigenvalue weighted by Gasteiger charge is -2.11. The number of methoxy groups -OCH3 is 1. The minimum Gasteiger partial charge on any atom is -0.493 e. The fourth-order valence-corrected chi connectivity index (χ4v) is 1.89. The fraction of sp³-hybridized carbons (Fsp3) is 0.188. The lowest BCUT2D eigenvalue weighted by Crippen LogP contribution is -2.22. The topological polar surface area (TPSA) is 68.9 Å². The van der Waals surface area contributed by atoms with Crippen molar-refractivity contribution in [3.8, 4) is 11.5 Å². The molecular formula is C16H18F2IN3O2. The minimum atomic E-state index is -2.92. The number of hydrogen-bond donors (Lipinski definition) is 2. The number of guanidine groups is 1. The van der Waals surface area contributed by atoms with Crippen LogP contribution in [0.1, 0.15) is 5.56 Å². The van der Waals surface area contributed by atoms with Gasteiger partial charge >= 0.3 is 6.61 Å². The van der Waals surface area contributed by atoms with Crippen LogP contribution in [-0.4, -0.2) is 19.7 Å². The zero-order valence-corrected chi connectivity index (χ0v) is 15.2. The summed E-state index contributed by atoms with van der Waals surface area (Å²) in [5.41, 5.74) is 7.27. The quantitative estimate of drug-likeness (QED) is 0.400. The van der Waals surface area contributed by atoms with Crippen LogP contribution in [0.4, 0.5) is 14.5 Å². The second-order valence-corrected chi connectivity index (χ2v) is 4.56. The van der Waals surface area contributed by atoms with Gasteiger partial charge in [-0.15, -0.1) is 24.0 Å². The largest absolute Gasteiger partial charge is 0.493 e. The molecular weight excluding hydrogens is 431 g/mol. The summed E-state index contributed by atoms with van der Waals surface area (Å²) in [6, 6.07) is 14.0. The van der Waals surface area contributed by atoms with Crippen molar-refractivity contribution in [2.45, 2.75) is 13.2 Å². The van der Waals surface area contributed by atoms with Crippen molar-refractivity contribution in [1.82, 2.24) is 0 Å². The molecule has 0 saturated heterocycles. The van der Waals surface area contributed by atoms with Gasteiger partial charge in [0.15, 0.2) is 17.5 Å². The number of aliphatic imine (C=N–C) groups is 1. The van der Waals surface area contributed by atoms with Crippen molar-refractivity contribution in [3.05, 3.63) is 54.1 Å². The maximum Gasteiger partial charge on any atom is 0.387 e. The summed E-state index contributed by atoms with van der Waals surface area (Å²) in [5, 5.41) is 2.93. The number of alkyl halides is 2. The predicted molar refractivity (Wildman–Crippen MR) is 100 cm³/mol. The van der Waals surface area contributed by atoms with Crippen LogP contribution < -0.4 is 20.5 Å². The molecule has 2 rings (SSSR count). The molecule has 2 aromatic carbocycles. The average molecular weight is 449 g/mol. The zero-order chi connectivity index (χ0) is 16.7. The Morgan fingerprint density at radius 3 is 2.50 bits per heavy atom. The number of nitrogens with two attached hydrogens (primary N) is 1. The third-order valence-corrected chi connectivity index (χ3v) is 2.92. The van der Waals surface area contributed by atoms with E-state index in [0.29, 0.717) is 5.56 Å². The number of para-hydroxylation sites is 1. The zero-order valence-electron chi connectivity index (χ0n) is 12.9. The van der Waals surface area contributed by atoms with Gasteiger partial charge in [0.05, 0.1) is 13.7 Å². The summed E-state index contributed by atoms with van der Waals surface area (Å²) in [4.78, 5) is 4.16. The summed E-state index contributed by atoms with van der Waals surface area (Å²) in [7, 11) is 1.38. The molecule has 0 aromatic heterocycles. The van der Waals surface area contributed by atoms with E-state index >= 15 is 0 Å². The smallest absolute Gasteiger partial charge is 0.387 e. The Morgan fingerprint density at radius 2 is 1.88 bits per heavy atom. The molecule has 0 unspecified atom stereocenters. The van der Waals surface area contributed by atoms with Gasteiger partial charge in [0, 0.05) is 5.69 Å². The van der Waals surface area contributed by atoms with Gasteiger partial charge in [-0.25, -0.2) is 4.99 Å². The first-order valence-electron chi connectivity index (χ1n) is 6.82. The van der Waals surface area contributed by atoms with Crippen molar-refractivity contribution >= 4 is 35.6 Å². The van der Waals surface area contributed by atoms with Crippen molar-refractivity contribution in [1.29, 1.82) is 0 Å². The van der Waals surface area contributed by atoms with Crippen LogP contribution in [0.5, 0.6) is 11.5 Å². The molecule has 8 heteroatoms. The second kappa shape index (κ2) is 9.91. The Kier molecular flexibility index (Phi) is 8.24. The highest BCUT2D eigenvalue weighted by Gasteiger charge is 2.11. The Hall–Kier alpha value is -2.10. The Balaban J connectivity index is 0.00000288. The van der Waals surface area contributed by atoms with E-state index in [4.69, 9.17) is 10.5 Å². The van der Waals surface area contributed by atoms with E-state index in [2.05, 4.69) is 15.0 Å². The molecule has 0 aliphatic carbocycles. The van der Waals surface area contributed by atoms with E-state index in [0.717, 1.165) is 5.69 Å². The van der Waals surface area contributed by atoms with Crippen LogP contribution >= 0.6 is 24.0 Å². The van der Waals surface area contributed by atoms with Gasteiger partial charge in [0.25, 0.3) is 0 Å². The molecule has 0 radical (unpaired) electrons. The number of nitrogens with zero attached hydrogens (tertiary/aromatic N) is 1. The number of rotatable bonds is 6. The number of anilines is 1.